The highest BCUT2D eigenvalue weighted by Crippen LogP contribution is 2.34. The quantitative estimate of drug-likeness (QED) is 0.346. The summed E-state index contributed by atoms with van der Waals surface area (Å²) in [6.45, 7) is -0.289. The van der Waals surface area contributed by atoms with E-state index in [-0.39, 0.29) is 31.0 Å². The molecule has 0 aliphatic heterocycles. The molecule has 2 rings (SSSR count). The van der Waals surface area contributed by atoms with Crippen LogP contribution in [-0.2, 0) is 15.8 Å². The molecule has 0 spiro atoms. The van der Waals surface area contributed by atoms with E-state index in [9.17, 15) is 33.0 Å². The van der Waals surface area contributed by atoms with Gasteiger partial charge < -0.3 is 20.1 Å². The Morgan fingerprint density at radius 3 is 2.72 bits per heavy atom. The number of ether oxygens (including phenoxy) is 1. The molecule has 0 heterocycles. The number of benzene rings is 1. The predicted molar refractivity (Wildman–Crippen MR) is 110 cm³/mol. The molecule has 1 aromatic rings. The summed E-state index contributed by atoms with van der Waals surface area (Å²) in [5.41, 5.74) is -0.855. The fraction of sp³-hybridized carbons (Fsp3) is 0.478. The van der Waals surface area contributed by atoms with Crippen LogP contribution in [0.3, 0.4) is 0 Å². The zero-order valence-electron chi connectivity index (χ0n) is 17.4. The van der Waals surface area contributed by atoms with Gasteiger partial charge in [-0.3, -0.25) is 9.59 Å². The van der Waals surface area contributed by atoms with Gasteiger partial charge in [0.25, 0.3) is 0 Å². The Morgan fingerprint density at radius 2 is 2.03 bits per heavy atom. The zero-order valence-corrected chi connectivity index (χ0v) is 17.4. The van der Waals surface area contributed by atoms with E-state index in [1.807, 2.05) is 0 Å². The molecule has 0 saturated heterocycles. The lowest BCUT2D eigenvalue weighted by molar-refractivity contribution is -0.138. The molecule has 3 N–H and O–H groups in total. The normalized spacial score (nSPS) is 22.7. The van der Waals surface area contributed by atoms with Crippen LogP contribution in [0.5, 0.6) is 5.75 Å². The minimum absolute atomic E-state index is 0.00333. The molecular formula is C23H27F3O6. The minimum Gasteiger partial charge on any atom is -0.491 e. The van der Waals surface area contributed by atoms with Crippen molar-refractivity contribution in [2.75, 3.05) is 6.61 Å². The predicted octanol–water partition coefficient (Wildman–Crippen LogP) is 3.77. The third-order valence-electron chi connectivity index (χ3n) is 5.19. The van der Waals surface area contributed by atoms with Gasteiger partial charge in [0.1, 0.15) is 24.2 Å². The second-order valence-corrected chi connectivity index (χ2v) is 7.70. The molecule has 1 aliphatic carbocycles. The molecule has 0 radical (unpaired) electrons. The maximum atomic E-state index is 12.8. The molecule has 1 aromatic carbocycles. The Hall–Kier alpha value is -2.65. The molecule has 0 bridgehead atoms. The number of rotatable bonds is 11. The summed E-state index contributed by atoms with van der Waals surface area (Å²) in [5.74, 6) is -1.97. The number of allylic oxidation sites excluding steroid dienone is 2. The van der Waals surface area contributed by atoms with Crippen LogP contribution in [0.25, 0.3) is 0 Å². The van der Waals surface area contributed by atoms with E-state index < -0.39 is 41.8 Å². The molecule has 4 atom stereocenters. The number of unbranched alkanes of at least 4 members (excludes halogenated alkanes) is 1. The number of aliphatic carboxylic acids is 1. The number of carbonyl (C=O) groups excluding carboxylic acids is 1. The standard InChI is InChI=1S/C23H27F3O6/c24-23(25,26)15-6-5-7-17(12-15)32-14-16(27)10-11-19-18(20(28)13-21(19)29)8-3-1-2-4-9-22(30)31/h1,3,5-7,10-12,16,18-19,21,27,29H,2,4,8-9,13-14H2,(H,30,31)/b3-1-,11-10+/t16?,18?,19-,21?/m1/s1. The van der Waals surface area contributed by atoms with Crippen molar-refractivity contribution in [1.82, 2.24) is 0 Å². The molecular weight excluding hydrogens is 429 g/mol. The molecule has 1 fully saturated rings. The molecule has 1 aliphatic rings. The third kappa shape index (κ3) is 8.12. The monoisotopic (exact) mass is 456 g/mol. The first-order chi connectivity index (χ1) is 15.1. The fourth-order valence-corrected chi connectivity index (χ4v) is 3.52. The van der Waals surface area contributed by atoms with Crippen LogP contribution in [0, 0.1) is 11.8 Å². The van der Waals surface area contributed by atoms with Crippen LogP contribution >= 0.6 is 0 Å². The summed E-state index contributed by atoms with van der Waals surface area (Å²) < 4.78 is 43.5. The van der Waals surface area contributed by atoms with Gasteiger partial charge in [-0.25, -0.2) is 0 Å². The molecule has 9 heteroatoms. The summed E-state index contributed by atoms with van der Waals surface area (Å²) in [4.78, 5) is 22.7. The number of hydrogen-bond donors (Lipinski definition) is 3. The molecule has 1 saturated carbocycles. The molecule has 0 amide bonds. The Labute approximate surface area is 184 Å². The number of Topliss-reactive ketones (excluding diaryl/α,β-unsaturated/α-hetero) is 1. The summed E-state index contributed by atoms with van der Waals surface area (Å²) in [7, 11) is 0. The summed E-state index contributed by atoms with van der Waals surface area (Å²) in [6, 6.07) is 4.32. The highest BCUT2D eigenvalue weighted by Gasteiger charge is 2.39. The molecule has 32 heavy (non-hydrogen) atoms. The van der Waals surface area contributed by atoms with Gasteiger partial charge in [0.2, 0.25) is 0 Å². The lowest BCUT2D eigenvalue weighted by atomic mass is 9.90. The first kappa shape index (κ1) is 25.6. The van der Waals surface area contributed by atoms with Crippen molar-refractivity contribution in [3.8, 4) is 5.75 Å². The number of carboxylic acids is 1. The topological polar surface area (TPSA) is 104 Å². The number of carbonyl (C=O) groups is 2. The molecule has 6 nitrogen and oxygen atoms in total. The second-order valence-electron chi connectivity index (χ2n) is 7.70. The van der Waals surface area contributed by atoms with Crippen LogP contribution in [0.15, 0.2) is 48.6 Å². The number of alkyl halides is 3. The molecule has 176 valence electrons. The van der Waals surface area contributed by atoms with E-state index >= 15 is 0 Å². The first-order valence-corrected chi connectivity index (χ1v) is 10.3. The first-order valence-electron chi connectivity index (χ1n) is 10.3. The maximum Gasteiger partial charge on any atom is 0.416 e. The van der Waals surface area contributed by atoms with Gasteiger partial charge in [0, 0.05) is 24.7 Å². The van der Waals surface area contributed by atoms with E-state index in [0.29, 0.717) is 19.3 Å². The largest absolute Gasteiger partial charge is 0.491 e. The lowest BCUT2D eigenvalue weighted by Crippen LogP contribution is -2.20. The van der Waals surface area contributed by atoms with E-state index in [1.165, 1.54) is 18.2 Å². The maximum absolute atomic E-state index is 12.8. The zero-order chi connectivity index (χ0) is 23.7. The van der Waals surface area contributed by atoms with Gasteiger partial charge in [0.15, 0.2) is 0 Å². The van der Waals surface area contributed by atoms with E-state index in [4.69, 9.17) is 9.84 Å². The van der Waals surface area contributed by atoms with Gasteiger partial charge in [-0.05, 0) is 37.5 Å². The van der Waals surface area contributed by atoms with Crippen molar-refractivity contribution in [1.29, 1.82) is 0 Å². The third-order valence-corrected chi connectivity index (χ3v) is 5.19. The Kier molecular flexibility index (Phi) is 9.46. The Morgan fingerprint density at radius 1 is 1.28 bits per heavy atom. The lowest BCUT2D eigenvalue weighted by Gasteiger charge is -2.17. The number of halogens is 3. The number of aliphatic hydroxyl groups is 2. The number of carboxylic acid groups (broad SMARTS) is 1. The van der Waals surface area contributed by atoms with Crippen molar-refractivity contribution in [3.05, 3.63) is 54.1 Å². The van der Waals surface area contributed by atoms with Crippen molar-refractivity contribution >= 4 is 11.8 Å². The molecule has 3 unspecified atom stereocenters. The Balaban J connectivity index is 1.88. The van der Waals surface area contributed by atoms with Crippen molar-refractivity contribution in [2.45, 2.75) is 50.5 Å². The van der Waals surface area contributed by atoms with E-state index in [1.54, 1.807) is 18.2 Å². The minimum atomic E-state index is -4.50. The smallest absolute Gasteiger partial charge is 0.416 e. The van der Waals surface area contributed by atoms with E-state index in [0.717, 1.165) is 12.1 Å². The van der Waals surface area contributed by atoms with Crippen LogP contribution in [0.2, 0.25) is 0 Å². The van der Waals surface area contributed by atoms with Crippen molar-refractivity contribution in [2.24, 2.45) is 11.8 Å². The highest BCUT2D eigenvalue weighted by atomic mass is 19.4. The van der Waals surface area contributed by atoms with Gasteiger partial charge in [-0.2, -0.15) is 13.2 Å². The summed E-state index contributed by atoms with van der Waals surface area (Å²) in [5, 5.41) is 28.9. The average Bonchev–Trinajstić information content (AvgIpc) is 2.99. The Bertz CT molecular complexity index is 833. The second kappa shape index (κ2) is 11.8. The summed E-state index contributed by atoms with van der Waals surface area (Å²) >= 11 is 0. The SMILES string of the molecule is O=C(O)CCC/C=C\CC1C(=O)CC(O)[C@@H]1/C=C/C(O)COc1cccc(C(F)(F)F)c1. The van der Waals surface area contributed by atoms with Gasteiger partial charge in [-0.15, -0.1) is 0 Å². The highest BCUT2D eigenvalue weighted by molar-refractivity contribution is 5.84. The average molecular weight is 456 g/mol. The summed E-state index contributed by atoms with van der Waals surface area (Å²) in [6.07, 6.45) is 1.49. The van der Waals surface area contributed by atoms with Crippen molar-refractivity contribution in [3.63, 3.8) is 0 Å². The van der Waals surface area contributed by atoms with Crippen LogP contribution in [0.1, 0.15) is 37.7 Å². The molecule has 0 aromatic heterocycles. The van der Waals surface area contributed by atoms with Gasteiger partial charge in [0.05, 0.1) is 11.7 Å². The van der Waals surface area contributed by atoms with Crippen molar-refractivity contribution < 1.29 is 42.8 Å². The van der Waals surface area contributed by atoms with E-state index in [2.05, 4.69) is 0 Å². The van der Waals surface area contributed by atoms with Crippen LogP contribution in [0.4, 0.5) is 13.2 Å². The number of aliphatic hydroxyl groups excluding tert-OH is 2. The number of hydrogen-bond acceptors (Lipinski definition) is 5. The fourth-order valence-electron chi connectivity index (χ4n) is 3.52. The number of ketones is 1. The van der Waals surface area contributed by atoms with Crippen LogP contribution < -0.4 is 4.74 Å². The van der Waals surface area contributed by atoms with Gasteiger partial charge >= 0.3 is 12.1 Å². The van der Waals surface area contributed by atoms with Gasteiger partial charge in [-0.1, -0.05) is 30.4 Å². The van der Waals surface area contributed by atoms with Crippen LogP contribution in [-0.4, -0.2) is 45.9 Å².